The van der Waals surface area contributed by atoms with E-state index in [1.54, 1.807) is 0 Å². The Kier molecular flexibility index (Phi) is 5.16. The van der Waals surface area contributed by atoms with Crippen molar-refractivity contribution < 1.29 is 9.84 Å². The van der Waals surface area contributed by atoms with Gasteiger partial charge in [-0.25, -0.2) is 0 Å². The van der Waals surface area contributed by atoms with Crippen LogP contribution >= 0.6 is 0 Å². The van der Waals surface area contributed by atoms with Crippen LogP contribution in [-0.4, -0.2) is 11.7 Å². The third-order valence-corrected chi connectivity index (χ3v) is 3.16. The van der Waals surface area contributed by atoms with Gasteiger partial charge in [-0.1, -0.05) is 42.5 Å². The van der Waals surface area contributed by atoms with Crippen molar-refractivity contribution in [2.24, 2.45) is 0 Å². The molecule has 0 radical (unpaired) electrons. The fourth-order valence-electron chi connectivity index (χ4n) is 1.98. The molecule has 0 bridgehead atoms. The lowest BCUT2D eigenvalue weighted by Gasteiger charge is -2.12. The van der Waals surface area contributed by atoms with E-state index in [-0.39, 0.29) is 12.5 Å². The number of aliphatic hydroxyl groups is 1. The van der Waals surface area contributed by atoms with Crippen molar-refractivity contribution in [3.63, 3.8) is 0 Å². The number of ether oxygens (including phenoxy) is 1. The predicted molar refractivity (Wildman–Crippen MR) is 77.3 cm³/mol. The molecule has 0 unspecified atom stereocenters. The molecular formula is C17H17NO2. The maximum atomic E-state index is 9.25. The molecule has 1 atom stereocenters. The van der Waals surface area contributed by atoms with Crippen molar-refractivity contribution in [3.05, 3.63) is 65.7 Å². The zero-order valence-electron chi connectivity index (χ0n) is 11.2. The van der Waals surface area contributed by atoms with Crippen LogP contribution in [0.1, 0.15) is 23.5 Å². The summed E-state index contributed by atoms with van der Waals surface area (Å²) in [6, 6.07) is 19.6. The minimum absolute atomic E-state index is 0.0161. The number of benzene rings is 2. The molecule has 0 aliphatic heterocycles. The van der Waals surface area contributed by atoms with Gasteiger partial charge in [-0.15, -0.1) is 0 Å². The Morgan fingerprint density at radius 2 is 1.75 bits per heavy atom. The highest BCUT2D eigenvalue weighted by Gasteiger charge is 2.09. The van der Waals surface area contributed by atoms with Crippen LogP contribution in [0.15, 0.2) is 54.6 Å². The van der Waals surface area contributed by atoms with E-state index < -0.39 is 0 Å². The zero-order valence-corrected chi connectivity index (χ0v) is 11.2. The van der Waals surface area contributed by atoms with Crippen LogP contribution in [0.4, 0.5) is 0 Å². The van der Waals surface area contributed by atoms with Gasteiger partial charge in [0.15, 0.2) is 0 Å². The molecule has 102 valence electrons. The van der Waals surface area contributed by atoms with Gasteiger partial charge in [-0.3, -0.25) is 0 Å². The molecule has 0 heterocycles. The highest BCUT2D eigenvalue weighted by Crippen LogP contribution is 2.22. The summed E-state index contributed by atoms with van der Waals surface area (Å²) in [5.41, 5.74) is 2.08. The molecule has 0 aliphatic rings. The number of hydrogen-bond donors (Lipinski definition) is 1. The van der Waals surface area contributed by atoms with Crippen LogP contribution in [0.3, 0.4) is 0 Å². The second-order valence-corrected chi connectivity index (χ2v) is 4.59. The Morgan fingerprint density at radius 1 is 1.05 bits per heavy atom. The Morgan fingerprint density at radius 3 is 2.35 bits per heavy atom. The fraction of sp³-hybridized carbons (Fsp3) is 0.235. The van der Waals surface area contributed by atoms with E-state index in [0.717, 1.165) is 16.9 Å². The fourth-order valence-corrected chi connectivity index (χ4v) is 1.98. The molecule has 2 aromatic rings. The van der Waals surface area contributed by atoms with Gasteiger partial charge in [-0.05, 0) is 23.3 Å². The molecule has 0 fully saturated rings. The van der Waals surface area contributed by atoms with Crippen molar-refractivity contribution >= 4 is 0 Å². The first-order chi connectivity index (χ1) is 9.83. The van der Waals surface area contributed by atoms with Gasteiger partial charge < -0.3 is 9.84 Å². The quantitative estimate of drug-likeness (QED) is 0.874. The Balaban J connectivity index is 1.96. The molecule has 0 saturated carbocycles. The van der Waals surface area contributed by atoms with E-state index >= 15 is 0 Å². The molecule has 0 saturated heterocycles. The van der Waals surface area contributed by atoms with Gasteiger partial charge in [0, 0.05) is 12.3 Å². The molecule has 1 N–H and O–H groups in total. The van der Waals surface area contributed by atoms with Crippen molar-refractivity contribution in [1.29, 1.82) is 5.26 Å². The SMILES string of the molecule is N#CC[C@@H](CO)c1ccc(OCc2ccccc2)cc1. The molecule has 2 rings (SSSR count). The average Bonchev–Trinajstić information content (AvgIpc) is 2.52. The molecule has 0 aromatic heterocycles. The molecule has 0 aliphatic carbocycles. The largest absolute Gasteiger partial charge is 0.489 e. The first-order valence-electron chi connectivity index (χ1n) is 6.58. The van der Waals surface area contributed by atoms with Gasteiger partial charge >= 0.3 is 0 Å². The van der Waals surface area contributed by atoms with Crippen LogP contribution in [0.2, 0.25) is 0 Å². The number of hydrogen-bond acceptors (Lipinski definition) is 3. The minimum atomic E-state index is -0.122. The lowest BCUT2D eigenvalue weighted by molar-refractivity contribution is 0.266. The summed E-state index contributed by atoms with van der Waals surface area (Å²) in [6.45, 7) is 0.513. The third-order valence-electron chi connectivity index (χ3n) is 3.16. The monoisotopic (exact) mass is 267 g/mol. The van der Waals surface area contributed by atoms with E-state index in [9.17, 15) is 5.11 Å². The highest BCUT2D eigenvalue weighted by atomic mass is 16.5. The summed E-state index contributed by atoms with van der Waals surface area (Å²) in [7, 11) is 0. The van der Waals surface area contributed by atoms with Gasteiger partial charge in [0.1, 0.15) is 12.4 Å². The second kappa shape index (κ2) is 7.32. The summed E-state index contributed by atoms with van der Waals surface area (Å²) < 4.78 is 5.69. The number of rotatable bonds is 6. The van der Waals surface area contributed by atoms with Crippen molar-refractivity contribution in [1.82, 2.24) is 0 Å². The standard InChI is InChI=1S/C17H17NO2/c18-11-10-16(12-19)15-6-8-17(9-7-15)20-13-14-4-2-1-3-5-14/h1-9,16,19H,10,12-13H2/t16-/m0/s1. The van der Waals surface area contributed by atoms with Gasteiger partial charge in [0.2, 0.25) is 0 Å². The maximum absolute atomic E-state index is 9.25. The number of aliphatic hydroxyl groups excluding tert-OH is 1. The Labute approximate surface area is 119 Å². The van der Waals surface area contributed by atoms with Crippen molar-refractivity contribution in [2.45, 2.75) is 18.9 Å². The Bertz CT molecular complexity index is 558. The Hall–Kier alpha value is -2.31. The van der Waals surface area contributed by atoms with E-state index in [0.29, 0.717) is 13.0 Å². The zero-order chi connectivity index (χ0) is 14.2. The highest BCUT2D eigenvalue weighted by molar-refractivity contribution is 5.30. The minimum Gasteiger partial charge on any atom is -0.489 e. The average molecular weight is 267 g/mol. The first-order valence-corrected chi connectivity index (χ1v) is 6.58. The van der Waals surface area contributed by atoms with Crippen molar-refractivity contribution in [3.8, 4) is 11.8 Å². The molecular weight excluding hydrogens is 250 g/mol. The number of nitriles is 1. The smallest absolute Gasteiger partial charge is 0.119 e. The normalized spacial score (nSPS) is 11.6. The van der Waals surface area contributed by atoms with Crippen molar-refractivity contribution in [2.75, 3.05) is 6.61 Å². The first kappa shape index (κ1) is 14.1. The van der Waals surface area contributed by atoms with E-state index in [1.807, 2.05) is 54.6 Å². The van der Waals surface area contributed by atoms with E-state index in [2.05, 4.69) is 6.07 Å². The molecule has 3 nitrogen and oxygen atoms in total. The summed E-state index contributed by atoms with van der Waals surface area (Å²) in [6.07, 6.45) is 0.320. The maximum Gasteiger partial charge on any atom is 0.119 e. The summed E-state index contributed by atoms with van der Waals surface area (Å²) >= 11 is 0. The van der Waals surface area contributed by atoms with Crippen LogP contribution in [-0.2, 0) is 6.61 Å². The lowest BCUT2D eigenvalue weighted by atomic mass is 9.97. The van der Waals surface area contributed by atoms with Crippen LogP contribution in [0.5, 0.6) is 5.75 Å². The van der Waals surface area contributed by atoms with Crippen LogP contribution < -0.4 is 4.74 Å². The molecule has 0 amide bonds. The topological polar surface area (TPSA) is 53.2 Å². The van der Waals surface area contributed by atoms with Gasteiger partial charge in [-0.2, -0.15) is 5.26 Å². The molecule has 2 aromatic carbocycles. The lowest BCUT2D eigenvalue weighted by Crippen LogP contribution is -2.03. The number of nitrogens with zero attached hydrogens (tertiary/aromatic N) is 1. The van der Waals surface area contributed by atoms with Gasteiger partial charge in [0.05, 0.1) is 12.7 Å². The summed E-state index contributed by atoms with van der Waals surface area (Å²) in [5, 5.41) is 18.0. The van der Waals surface area contributed by atoms with E-state index in [1.165, 1.54) is 0 Å². The van der Waals surface area contributed by atoms with E-state index in [4.69, 9.17) is 10.00 Å². The summed E-state index contributed by atoms with van der Waals surface area (Å²) in [5.74, 6) is 0.662. The summed E-state index contributed by atoms with van der Waals surface area (Å²) in [4.78, 5) is 0. The van der Waals surface area contributed by atoms with Crippen LogP contribution in [0.25, 0.3) is 0 Å². The molecule has 20 heavy (non-hydrogen) atoms. The second-order valence-electron chi connectivity index (χ2n) is 4.59. The van der Waals surface area contributed by atoms with Crippen LogP contribution in [0, 0.1) is 11.3 Å². The predicted octanol–water partition coefficient (Wildman–Crippen LogP) is 3.26. The molecule has 0 spiro atoms. The molecule has 3 heteroatoms. The third kappa shape index (κ3) is 3.84. The van der Waals surface area contributed by atoms with Gasteiger partial charge in [0.25, 0.3) is 0 Å².